The molecule has 0 unspecified atom stereocenters. The number of likely N-dealkylation sites (N-methyl/N-ethyl adjacent to an activating group) is 1. The van der Waals surface area contributed by atoms with E-state index in [1.54, 1.807) is 13.4 Å². The molecule has 1 aliphatic carbocycles. The molecule has 2 aromatic heterocycles. The van der Waals surface area contributed by atoms with E-state index in [4.69, 9.17) is 10.5 Å². The van der Waals surface area contributed by atoms with Gasteiger partial charge in [0, 0.05) is 30.9 Å². The molecule has 4 N–H and O–H groups in total. The Kier molecular flexibility index (Phi) is 8.12. The van der Waals surface area contributed by atoms with E-state index >= 15 is 0 Å². The predicted octanol–water partition coefficient (Wildman–Crippen LogP) is 5.71. The monoisotopic (exact) mass is 526 g/mol. The molecule has 0 spiro atoms. The summed E-state index contributed by atoms with van der Waals surface area (Å²) < 4.78 is 8.25. The molecule has 2 heterocycles. The van der Waals surface area contributed by atoms with Crippen molar-refractivity contribution in [1.82, 2.24) is 25.2 Å². The van der Waals surface area contributed by atoms with E-state index in [1.165, 1.54) is 0 Å². The zero-order valence-electron chi connectivity index (χ0n) is 22.9. The number of benzene rings is 2. The van der Waals surface area contributed by atoms with E-state index < -0.39 is 0 Å². The number of anilines is 1. The number of nitrogen functional groups attached to an aromatic ring is 1. The van der Waals surface area contributed by atoms with Crippen LogP contribution in [0.25, 0.3) is 22.2 Å². The van der Waals surface area contributed by atoms with Gasteiger partial charge in [0.1, 0.15) is 29.3 Å². The third kappa shape index (κ3) is 6.06. The van der Waals surface area contributed by atoms with Gasteiger partial charge in [-0.25, -0.2) is 9.97 Å². The van der Waals surface area contributed by atoms with Gasteiger partial charge in [-0.3, -0.25) is 4.79 Å². The number of carbonyl (C=O) groups excluding carboxylic acids is 1. The summed E-state index contributed by atoms with van der Waals surface area (Å²) in [7, 11) is 1.71. The van der Waals surface area contributed by atoms with Crippen molar-refractivity contribution in [2.75, 3.05) is 12.8 Å². The van der Waals surface area contributed by atoms with Gasteiger partial charge in [0.05, 0.1) is 11.4 Å². The van der Waals surface area contributed by atoms with E-state index in [2.05, 4.69) is 57.3 Å². The molecule has 0 saturated heterocycles. The Bertz CT molecular complexity index is 1390. The van der Waals surface area contributed by atoms with Crippen molar-refractivity contribution in [3.8, 4) is 22.6 Å². The molecule has 1 aliphatic rings. The first-order valence-corrected chi connectivity index (χ1v) is 13.8. The number of nitrogens with one attached hydrogen (secondary N) is 2. The van der Waals surface area contributed by atoms with Gasteiger partial charge in [-0.1, -0.05) is 44.2 Å². The molecule has 2 aromatic carbocycles. The second-order valence-corrected chi connectivity index (χ2v) is 10.8. The van der Waals surface area contributed by atoms with Crippen molar-refractivity contribution in [1.29, 1.82) is 0 Å². The Morgan fingerprint density at radius 3 is 2.38 bits per heavy atom. The van der Waals surface area contributed by atoms with Gasteiger partial charge in [0.25, 0.3) is 0 Å². The third-order valence-electron chi connectivity index (χ3n) is 7.58. The van der Waals surface area contributed by atoms with Crippen LogP contribution in [-0.2, 0) is 4.79 Å². The first-order valence-electron chi connectivity index (χ1n) is 13.8. The molecule has 5 rings (SSSR count). The number of hydrogen-bond donors (Lipinski definition) is 3. The first kappa shape index (κ1) is 26.7. The summed E-state index contributed by atoms with van der Waals surface area (Å²) in [5.41, 5.74) is 9.31. The number of carbonyl (C=O) groups is 1. The van der Waals surface area contributed by atoms with Gasteiger partial charge in [-0.05, 0) is 67.9 Å². The summed E-state index contributed by atoms with van der Waals surface area (Å²) in [5, 5.41) is 7.33. The van der Waals surface area contributed by atoms with E-state index in [-0.39, 0.29) is 11.9 Å². The summed E-state index contributed by atoms with van der Waals surface area (Å²) in [4.78, 5) is 21.4. The zero-order chi connectivity index (χ0) is 27.4. The Hall–Kier alpha value is -3.91. The lowest BCUT2D eigenvalue weighted by atomic mass is 9.89. The minimum Gasteiger partial charge on any atom is -0.457 e. The van der Waals surface area contributed by atoms with Crippen LogP contribution in [0.15, 0.2) is 67.1 Å². The van der Waals surface area contributed by atoms with Crippen LogP contribution >= 0.6 is 0 Å². The van der Waals surface area contributed by atoms with Gasteiger partial charge in [0.2, 0.25) is 5.91 Å². The van der Waals surface area contributed by atoms with Crippen molar-refractivity contribution in [2.24, 2.45) is 5.92 Å². The number of nitrogens with zero attached hydrogens (tertiary/aromatic N) is 3. The summed E-state index contributed by atoms with van der Waals surface area (Å²) in [6.07, 6.45) is 8.54. The quantitative estimate of drug-likeness (QED) is 0.258. The topological polar surface area (TPSA) is 107 Å². The van der Waals surface area contributed by atoms with E-state index in [9.17, 15) is 4.79 Å². The smallest absolute Gasteiger partial charge is 0.236 e. The maximum atomic E-state index is 12.4. The SMILES string of the molecule is CNC(=O)[C@H](CC(C)C)NC1CCC(n2cc(-c3ccc(Oc4ccccc4)cc3)c3c(N)ncnc32)CC1. The average molecular weight is 527 g/mol. The van der Waals surface area contributed by atoms with Crippen molar-refractivity contribution in [3.63, 3.8) is 0 Å². The van der Waals surface area contributed by atoms with E-state index in [1.807, 2.05) is 42.5 Å². The fourth-order valence-corrected chi connectivity index (χ4v) is 5.63. The molecule has 0 radical (unpaired) electrons. The van der Waals surface area contributed by atoms with Gasteiger partial charge in [-0.2, -0.15) is 0 Å². The Balaban J connectivity index is 1.34. The summed E-state index contributed by atoms with van der Waals surface area (Å²) in [5.74, 6) is 2.58. The molecule has 0 bridgehead atoms. The molecule has 1 atom stereocenters. The van der Waals surface area contributed by atoms with Gasteiger partial charge in [0.15, 0.2) is 0 Å². The van der Waals surface area contributed by atoms with Crippen molar-refractivity contribution < 1.29 is 9.53 Å². The first-order chi connectivity index (χ1) is 18.9. The van der Waals surface area contributed by atoms with Crippen LogP contribution in [0.4, 0.5) is 5.82 Å². The lowest BCUT2D eigenvalue weighted by Gasteiger charge is -2.33. The van der Waals surface area contributed by atoms with Crippen molar-refractivity contribution in [3.05, 3.63) is 67.1 Å². The number of rotatable bonds is 9. The normalized spacial score (nSPS) is 18.3. The van der Waals surface area contributed by atoms with Crippen molar-refractivity contribution >= 4 is 22.8 Å². The molecule has 1 amide bonds. The van der Waals surface area contributed by atoms with Crippen LogP contribution in [0.5, 0.6) is 11.5 Å². The standard InChI is InChI=1S/C31H38N6O2/c1-20(2)17-27(31(38)33-3)36-22-11-13-23(14-12-22)37-18-26(28-29(32)34-19-35-30(28)37)21-9-15-25(16-10-21)39-24-7-5-4-6-8-24/h4-10,15-16,18-20,22-23,27,36H,11-14,17H2,1-3H3,(H,33,38)(H2,32,34,35)/t22?,23?,27-/m0/s1. The number of amides is 1. The van der Waals surface area contributed by atoms with Crippen LogP contribution in [0.1, 0.15) is 52.0 Å². The molecule has 8 nitrogen and oxygen atoms in total. The Morgan fingerprint density at radius 1 is 1.03 bits per heavy atom. The number of aromatic nitrogens is 3. The molecular formula is C31H38N6O2. The fourth-order valence-electron chi connectivity index (χ4n) is 5.63. The van der Waals surface area contributed by atoms with E-state index in [0.29, 0.717) is 23.8 Å². The number of para-hydroxylation sites is 1. The Morgan fingerprint density at radius 2 is 1.72 bits per heavy atom. The molecule has 1 fully saturated rings. The molecule has 8 heteroatoms. The lowest BCUT2D eigenvalue weighted by Crippen LogP contribution is -2.49. The van der Waals surface area contributed by atoms with Gasteiger partial charge < -0.3 is 25.7 Å². The molecule has 39 heavy (non-hydrogen) atoms. The lowest BCUT2D eigenvalue weighted by molar-refractivity contribution is -0.123. The number of ether oxygens (including phenoxy) is 1. The average Bonchev–Trinajstić information content (AvgIpc) is 3.34. The van der Waals surface area contributed by atoms with Gasteiger partial charge in [-0.15, -0.1) is 0 Å². The zero-order valence-corrected chi connectivity index (χ0v) is 22.9. The number of hydrogen-bond acceptors (Lipinski definition) is 6. The second-order valence-electron chi connectivity index (χ2n) is 10.8. The van der Waals surface area contributed by atoms with Gasteiger partial charge >= 0.3 is 0 Å². The highest BCUT2D eigenvalue weighted by atomic mass is 16.5. The number of nitrogens with two attached hydrogens (primary N) is 1. The third-order valence-corrected chi connectivity index (χ3v) is 7.58. The summed E-state index contributed by atoms with van der Waals surface area (Å²) >= 11 is 0. The van der Waals surface area contributed by atoms with Crippen molar-refractivity contribution in [2.45, 2.75) is 64.1 Å². The largest absolute Gasteiger partial charge is 0.457 e. The molecular weight excluding hydrogens is 488 g/mol. The molecule has 204 valence electrons. The summed E-state index contributed by atoms with van der Waals surface area (Å²) in [6, 6.07) is 18.3. The minimum absolute atomic E-state index is 0.0687. The highest BCUT2D eigenvalue weighted by molar-refractivity contribution is 6.00. The molecule has 1 saturated carbocycles. The summed E-state index contributed by atoms with van der Waals surface area (Å²) in [6.45, 7) is 4.31. The molecule has 0 aliphatic heterocycles. The van der Waals surface area contributed by atoms with Crippen LogP contribution in [-0.4, -0.2) is 39.6 Å². The fraction of sp³-hybridized carbons (Fsp3) is 0.387. The second kappa shape index (κ2) is 11.9. The van der Waals surface area contributed by atoms with E-state index in [0.717, 1.165) is 65.8 Å². The predicted molar refractivity (Wildman–Crippen MR) is 156 cm³/mol. The van der Waals surface area contributed by atoms with Crippen LogP contribution in [0.3, 0.4) is 0 Å². The highest BCUT2D eigenvalue weighted by Crippen LogP contribution is 2.38. The molecule has 4 aromatic rings. The maximum Gasteiger partial charge on any atom is 0.236 e. The maximum absolute atomic E-state index is 12.4. The highest BCUT2D eigenvalue weighted by Gasteiger charge is 2.28. The Labute approximate surface area is 230 Å². The minimum atomic E-state index is -0.156. The number of fused-ring (bicyclic) bond motifs is 1. The van der Waals surface area contributed by atoms with Crippen LogP contribution in [0.2, 0.25) is 0 Å². The van der Waals surface area contributed by atoms with Crippen LogP contribution < -0.4 is 21.1 Å². The van der Waals surface area contributed by atoms with Crippen LogP contribution in [0, 0.1) is 5.92 Å².